The van der Waals surface area contributed by atoms with E-state index in [1.807, 2.05) is 13.0 Å². The molecule has 0 aliphatic carbocycles. The molecule has 0 aromatic heterocycles. The maximum atomic E-state index is 9.83. The fourth-order valence-electron chi connectivity index (χ4n) is 1.29. The van der Waals surface area contributed by atoms with Gasteiger partial charge in [0.1, 0.15) is 5.75 Å². The van der Waals surface area contributed by atoms with Crippen molar-refractivity contribution in [3.63, 3.8) is 0 Å². The Bertz CT molecular complexity index is 409. The summed E-state index contributed by atoms with van der Waals surface area (Å²) >= 11 is 12.5. The summed E-state index contributed by atoms with van der Waals surface area (Å²) in [5.41, 5.74) is 0.758. The Balaban J connectivity index is 2.90. The number of phenolic OH excluding ortho intramolecular Hbond substituents is 1. The molecule has 0 heterocycles. The molecular weight excluding hydrogens is 357 g/mol. The van der Waals surface area contributed by atoms with Crippen molar-refractivity contribution < 1.29 is 5.11 Å². The second-order valence-corrected chi connectivity index (χ2v) is 5.89. The van der Waals surface area contributed by atoms with Gasteiger partial charge in [0.2, 0.25) is 0 Å². The van der Waals surface area contributed by atoms with E-state index in [-0.39, 0.29) is 11.8 Å². The van der Waals surface area contributed by atoms with Crippen LogP contribution in [0.3, 0.4) is 0 Å². The van der Waals surface area contributed by atoms with E-state index in [1.165, 1.54) is 0 Å². The smallest absolute Gasteiger partial charge is 0.139 e. The zero-order valence-corrected chi connectivity index (χ0v) is 12.7. The van der Waals surface area contributed by atoms with E-state index < -0.39 is 0 Å². The molecule has 0 amide bonds. The normalized spacial score (nSPS) is 12.5. The second kappa shape index (κ2) is 6.05. The molecule has 1 unspecified atom stereocenters. The Morgan fingerprint density at radius 3 is 2.81 bits per heavy atom. The Kier molecular flexibility index (Phi) is 5.31. The van der Waals surface area contributed by atoms with Gasteiger partial charge in [0.05, 0.1) is 5.02 Å². The van der Waals surface area contributed by atoms with Crippen molar-refractivity contribution >= 4 is 43.5 Å². The Morgan fingerprint density at radius 2 is 2.25 bits per heavy atom. The van der Waals surface area contributed by atoms with E-state index in [0.29, 0.717) is 11.6 Å². The van der Waals surface area contributed by atoms with Crippen molar-refractivity contribution in [3.05, 3.63) is 38.3 Å². The Labute approximate surface area is 117 Å². The van der Waals surface area contributed by atoms with Gasteiger partial charge in [0.25, 0.3) is 0 Å². The minimum absolute atomic E-state index is 0.00991. The van der Waals surface area contributed by atoms with E-state index in [4.69, 9.17) is 11.6 Å². The quantitative estimate of drug-likeness (QED) is 0.826. The van der Waals surface area contributed by atoms with Gasteiger partial charge in [-0.15, -0.1) is 0 Å². The van der Waals surface area contributed by atoms with Crippen LogP contribution in [0.5, 0.6) is 5.75 Å². The SMILES string of the molecule is C=C(Br)CNC(C)c1cc(Br)cc(Cl)c1O. The van der Waals surface area contributed by atoms with E-state index in [1.54, 1.807) is 6.07 Å². The minimum Gasteiger partial charge on any atom is -0.506 e. The maximum absolute atomic E-state index is 9.83. The van der Waals surface area contributed by atoms with Crippen molar-refractivity contribution in [2.75, 3.05) is 6.54 Å². The summed E-state index contributed by atoms with van der Waals surface area (Å²) in [6.07, 6.45) is 0. The third-order valence-electron chi connectivity index (χ3n) is 2.12. The van der Waals surface area contributed by atoms with Crippen LogP contribution >= 0.6 is 43.5 Å². The monoisotopic (exact) mass is 367 g/mol. The van der Waals surface area contributed by atoms with Crippen LogP contribution in [0.4, 0.5) is 0 Å². The summed E-state index contributed by atoms with van der Waals surface area (Å²) in [5, 5.41) is 13.4. The van der Waals surface area contributed by atoms with Crippen LogP contribution in [0.2, 0.25) is 5.02 Å². The lowest BCUT2D eigenvalue weighted by Gasteiger charge is -2.16. The van der Waals surface area contributed by atoms with Gasteiger partial charge in [-0.2, -0.15) is 0 Å². The number of nitrogens with one attached hydrogen (secondary N) is 1. The average Bonchev–Trinajstić information content (AvgIpc) is 2.19. The number of hydrogen-bond donors (Lipinski definition) is 2. The van der Waals surface area contributed by atoms with E-state index >= 15 is 0 Å². The number of halogens is 3. The zero-order valence-electron chi connectivity index (χ0n) is 8.73. The van der Waals surface area contributed by atoms with Gasteiger partial charge in [-0.1, -0.05) is 50.0 Å². The molecule has 0 aliphatic heterocycles. The Morgan fingerprint density at radius 1 is 1.62 bits per heavy atom. The lowest BCUT2D eigenvalue weighted by molar-refractivity contribution is 0.456. The van der Waals surface area contributed by atoms with Crippen molar-refractivity contribution in [1.82, 2.24) is 5.32 Å². The zero-order chi connectivity index (χ0) is 12.3. The molecule has 1 aromatic rings. The molecule has 1 aromatic carbocycles. The standard InChI is InChI=1S/C11H12Br2ClNO/c1-6(12)5-15-7(2)9-3-8(13)4-10(14)11(9)16/h3-4,7,15-16H,1,5H2,2H3. The van der Waals surface area contributed by atoms with Gasteiger partial charge in [-0.05, 0) is 19.1 Å². The van der Waals surface area contributed by atoms with Crippen LogP contribution in [0, 0.1) is 0 Å². The van der Waals surface area contributed by atoms with Gasteiger partial charge in [0.15, 0.2) is 0 Å². The third-order valence-corrected chi connectivity index (χ3v) is 3.15. The number of rotatable bonds is 4. The van der Waals surface area contributed by atoms with Crippen LogP contribution in [-0.2, 0) is 0 Å². The van der Waals surface area contributed by atoms with E-state index in [2.05, 4.69) is 43.8 Å². The molecule has 5 heteroatoms. The summed E-state index contributed by atoms with van der Waals surface area (Å²) in [4.78, 5) is 0. The molecule has 2 N–H and O–H groups in total. The third kappa shape index (κ3) is 3.77. The molecule has 0 radical (unpaired) electrons. The highest BCUT2D eigenvalue weighted by Crippen LogP contribution is 2.34. The fourth-order valence-corrected chi connectivity index (χ4v) is 2.29. The molecule has 0 bridgehead atoms. The molecule has 0 aliphatic rings. The lowest BCUT2D eigenvalue weighted by Crippen LogP contribution is -2.19. The average molecular weight is 369 g/mol. The predicted octanol–water partition coefficient (Wildman–Crippen LogP) is 4.37. The predicted molar refractivity (Wildman–Crippen MR) is 75.3 cm³/mol. The molecule has 0 saturated carbocycles. The van der Waals surface area contributed by atoms with Gasteiger partial charge in [-0.25, -0.2) is 0 Å². The summed E-state index contributed by atoms with van der Waals surface area (Å²) in [5.74, 6) is 0.116. The highest BCUT2D eigenvalue weighted by atomic mass is 79.9. The maximum Gasteiger partial charge on any atom is 0.139 e. The number of aromatic hydroxyl groups is 1. The van der Waals surface area contributed by atoms with Crippen LogP contribution in [0.1, 0.15) is 18.5 Å². The fraction of sp³-hybridized carbons (Fsp3) is 0.273. The van der Waals surface area contributed by atoms with Crippen molar-refractivity contribution in [1.29, 1.82) is 0 Å². The first kappa shape index (κ1) is 14.0. The molecule has 0 saturated heterocycles. The molecule has 1 atom stereocenters. The Hall–Kier alpha value is -0.0300. The largest absolute Gasteiger partial charge is 0.506 e. The first-order valence-corrected chi connectivity index (χ1v) is 6.62. The van der Waals surface area contributed by atoms with Crippen LogP contribution < -0.4 is 5.32 Å². The molecule has 16 heavy (non-hydrogen) atoms. The molecule has 1 rings (SSSR count). The summed E-state index contributed by atoms with van der Waals surface area (Å²) in [7, 11) is 0. The first-order chi connectivity index (χ1) is 7.41. The van der Waals surface area contributed by atoms with Gasteiger partial charge in [0, 0.05) is 27.1 Å². The van der Waals surface area contributed by atoms with Crippen LogP contribution in [0.15, 0.2) is 27.7 Å². The topological polar surface area (TPSA) is 32.3 Å². The molecule has 2 nitrogen and oxygen atoms in total. The van der Waals surface area contributed by atoms with E-state index in [9.17, 15) is 5.11 Å². The number of benzene rings is 1. The number of hydrogen-bond acceptors (Lipinski definition) is 2. The van der Waals surface area contributed by atoms with Gasteiger partial charge < -0.3 is 10.4 Å². The highest BCUT2D eigenvalue weighted by Gasteiger charge is 2.13. The summed E-state index contributed by atoms with van der Waals surface area (Å²) in [6.45, 7) is 6.32. The minimum atomic E-state index is -0.00991. The highest BCUT2D eigenvalue weighted by molar-refractivity contribution is 9.11. The van der Waals surface area contributed by atoms with Crippen molar-refractivity contribution in [3.8, 4) is 5.75 Å². The van der Waals surface area contributed by atoms with Crippen molar-refractivity contribution in [2.45, 2.75) is 13.0 Å². The molecule has 88 valence electrons. The summed E-state index contributed by atoms with van der Waals surface area (Å²) in [6, 6.07) is 3.50. The number of phenols is 1. The van der Waals surface area contributed by atoms with Crippen molar-refractivity contribution in [2.24, 2.45) is 0 Å². The van der Waals surface area contributed by atoms with Crippen LogP contribution in [0.25, 0.3) is 0 Å². The first-order valence-electron chi connectivity index (χ1n) is 4.66. The summed E-state index contributed by atoms with van der Waals surface area (Å²) < 4.78 is 1.71. The molecule has 0 spiro atoms. The second-order valence-electron chi connectivity index (χ2n) is 3.45. The molecular formula is C11H12Br2ClNO. The van der Waals surface area contributed by atoms with Gasteiger partial charge in [-0.3, -0.25) is 0 Å². The molecule has 0 fully saturated rings. The van der Waals surface area contributed by atoms with E-state index in [0.717, 1.165) is 14.5 Å². The van der Waals surface area contributed by atoms with Crippen LogP contribution in [-0.4, -0.2) is 11.7 Å². The lowest BCUT2D eigenvalue weighted by atomic mass is 10.1. The van der Waals surface area contributed by atoms with Gasteiger partial charge >= 0.3 is 0 Å².